The summed E-state index contributed by atoms with van der Waals surface area (Å²) in [7, 11) is 0. The van der Waals surface area contributed by atoms with Gasteiger partial charge in [-0.3, -0.25) is 34.2 Å². The normalized spacial score (nSPS) is 17.7. The molecule has 12 heteroatoms. The highest BCUT2D eigenvalue weighted by molar-refractivity contribution is 6.05. The topological polar surface area (TPSA) is 179 Å². The Hall–Kier alpha value is -5.33. The van der Waals surface area contributed by atoms with Crippen molar-refractivity contribution >= 4 is 40.4 Å². The predicted molar refractivity (Wildman–Crippen MR) is 209 cm³/mol. The Balaban J connectivity index is 1.47. The maximum absolute atomic E-state index is 14.7. The molecule has 5 amide bonds. The Bertz CT molecular complexity index is 1860. The van der Waals surface area contributed by atoms with Crippen LogP contribution in [-0.2, 0) is 43.2 Å². The number of nitrogens with zero attached hydrogens (tertiary/aromatic N) is 1. The van der Waals surface area contributed by atoms with Gasteiger partial charge < -0.3 is 26.7 Å². The molecule has 1 fully saturated rings. The smallest absolute Gasteiger partial charge is 0.252 e. The molecular weight excluding hydrogens is 683 g/mol. The average molecular weight is 736 g/mol. The number of para-hydroxylation sites is 1. The molecule has 1 saturated heterocycles. The minimum absolute atomic E-state index is 0.103. The number of benzene rings is 3. The summed E-state index contributed by atoms with van der Waals surface area (Å²) in [5.41, 5.74) is 9.23. The molecular formula is C42H53N7O5. The van der Waals surface area contributed by atoms with Gasteiger partial charge in [0, 0.05) is 36.5 Å². The Morgan fingerprint density at radius 2 is 1.48 bits per heavy atom. The van der Waals surface area contributed by atoms with Crippen molar-refractivity contribution in [3.05, 3.63) is 108 Å². The van der Waals surface area contributed by atoms with Gasteiger partial charge in [-0.05, 0) is 67.3 Å². The second kappa shape index (κ2) is 19.7. The van der Waals surface area contributed by atoms with E-state index in [1.165, 1.54) is 0 Å². The second-order valence-corrected chi connectivity index (χ2v) is 14.4. The lowest BCUT2D eigenvalue weighted by atomic mass is 10.00. The van der Waals surface area contributed by atoms with Gasteiger partial charge in [0.25, 0.3) is 5.91 Å². The van der Waals surface area contributed by atoms with Crippen LogP contribution in [0.2, 0.25) is 0 Å². The third kappa shape index (κ3) is 10.9. The Morgan fingerprint density at radius 1 is 0.833 bits per heavy atom. The zero-order chi connectivity index (χ0) is 38.5. The van der Waals surface area contributed by atoms with Crippen LogP contribution < -0.4 is 27.0 Å². The van der Waals surface area contributed by atoms with Crippen LogP contribution in [-0.4, -0.2) is 83.2 Å². The second-order valence-electron chi connectivity index (χ2n) is 14.4. The van der Waals surface area contributed by atoms with E-state index in [2.05, 4.69) is 40.1 Å². The highest BCUT2D eigenvalue weighted by Gasteiger charge is 2.41. The highest BCUT2D eigenvalue weighted by atomic mass is 16.2. The molecule has 1 aliphatic heterocycles. The minimum Gasteiger partial charge on any atom is -0.361 e. The Kier molecular flexibility index (Phi) is 14.5. The summed E-state index contributed by atoms with van der Waals surface area (Å²) in [5, 5.41) is 12.8. The summed E-state index contributed by atoms with van der Waals surface area (Å²) in [6, 6.07) is 22.1. The highest BCUT2D eigenvalue weighted by Crippen LogP contribution is 2.21. The number of hydrogen-bond acceptors (Lipinski definition) is 7. The third-order valence-electron chi connectivity index (χ3n) is 9.80. The molecule has 0 unspecified atom stereocenters. The number of rotatable bonds is 17. The van der Waals surface area contributed by atoms with Gasteiger partial charge in [0.2, 0.25) is 23.6 Å². The summed E-state index contributed by atoms with van der Waals surface area (Å²) in [4.78, 5) is 75.3. The van der Waals surface area contributed by atoms with Gasteiger partial charge in [-0.2, -0.15) is 0 Å². The van der Waals surface area contributed by atoms with Crippen LogP contribution in [0.25, 0.3) is 10.9 Å². The number of imide groups is 1. The van der Waals surface area contributed by atoms with E-state index < -0.39 is 47.8 Å². The minimum atomic E-state index is -1.27. The van der Waals surface area contributed by atoms with E-state index in [9.17, 15) is 24.0 Å². The fourth-order valence-electron chi connectivity index (χ4n) is 6.81. The van der Waals surface area contributed by atoms with Gasteiger partial charge in [0.15, 0.2) is 0 Å². The quantitative estimate of drug-likeness (QED) is 0.0713. The number of nitrogens with one attached hydrogen (secondary N) is 5. The average Bonchev–Trinajstić information content (AvgIpc) is 3.59. The first-order valence-corrected chi connectivity index (χ1v) is 18.9. The van der Waals surface area contributed by atoms with Crippen molar-refractivity contribution in [2.45, 2.75) is 83.0 Å². The molecule has 1 aromatic heterocycles. The number of aromatic amines is 1. The molecule has 2 heterocycles. The first kappa shape index (κ1) is 39.9. The van der Waals surface area contributed by atoms with Gasteiger partial charge in [-0.25, -0.2) is 0 Å². The van der Waals surface area contributed by atoms with E-state index >= 15 is 0 Å². The molecule has 5 rings (SSSR count). The summed E-state index contributed by atoms with van der Waals surface area (Å²) < 4.78 is 0. The van der Waals surface area contributed by atoms with Gasteiger partial charge in [0.1, 0.15) is 18.1 Å². The molecule has 0 saturated carbocycles. The number of fused-ring (bicyclic) bond motifs is 1. The van der Waals surface area contributed by atoms with Crippen molar-refractivity contribution < 1.29 is 24.0 Å². The van der Waals surface area contributed by atoms with Crippen LogP contribution in [0.5, 0.6) is 0 Å². The van der Waals surface area contributed by atoms with Crippen LogP contribution in [0.4, 0.5) is 0 Å². The standard InChI is InChI=1S/C42H53N7O5/c1-28(2)20-22-44-39(51)35(25-31-26-45-33-18-10-9-17-32(31)33)47-41(53)37(19-11-12-21-43)49-38(50)27-46-34(23-29-13-5-3-6-14-29)40(52)48-36(42(49)54)24-30-15-7-4-8-16-30/h3-10,13-18,26,28,34-37,45-46H,11-12,19-25,27,43H2,1-2H3,(H,44,51)(H,47,53)(H,48,52)/t34-,35-,36-,37-/m0/s1. The number of carbonyl (C=O) groups excluding carboxylic acids is 5. The van der Waals surface area contributed by atoms with Gasteiger partial charge in [-0.1, -0.05) is 92.7 Å². The van der Waals surface area contributed by atoms with Crippen LogP contribution in [0.1, 0.15) is 56.2 Å². The molecule has 7 N–H and O–H groups in total. The number of nitrogens with two attached hydrogens (primary N) is 1. The van der Waals surface area contributed by atoms with E-state index in [1.807, 2.05) is 91.1 Å². The fourth-order valence-corrected chi connectivity index (χ4v) is 6.81. The fraction of sp³-hybridized carbons (Fsp3) is 0.405. The zero-order valence-electron chi connectivity index (χ0n) is 31.2. The van der Waals surface area contributed by atoms with Crippen LogP contribution >= 0.6 is 0 Å². The van der Waals surface area contributed by atoms with E-state index in [1.54, 1.807) is 0 Å². The van der Waals surface area contributed by atoms with Crippen LogP contribution in [0.15, 0.2) is 91.1 Å². The van der Waals surface area contributed by atoms with Gasteiger partial charge in [-0.15, -0.1) is 0 Å². The van der Waals surface area contributed by atoms with E-state index in [0.29, 0.717) is 31.8 Å². The van der Waals surface area contributed by atoms with Crippen LogP contribution in [0.3, 0.4) is 0 Å². The SMILES string of the molecule is CC(C)CCNC(=O)[C@H](Cc1c[nH]c2ccccc12)NC(=O)[C@H](CCCCN)N1C(=O)CN[C@@H](Cc2ccccc2)C(=O)N[C@@H](Cc2ccccc2)C1=O. The third-order valence-corrected chi connectivity index (χ3v) is 9.80. The summed E-state index contributed by atoms with van der Waals surface area (Å²) >= 11 is 0. The lowest BCUT2D eigenvalue weighted by Gasteiger charge is -2.33. The maximum atomic E-state index is 14.7. The molecule has 3 aromatic carbocycles. The molecule has 0 radical (unpaired) electrons. The number of hydrogen-bond donors (Lipinski definition) is 6. The van der Waals surface area contributed by atoms with Crippen molar-refractivity contribution in [2.24, 2.45) is 11.7 Å². The molecule has 0 bridgehead atoms. The van der Waals surface area contributed by atoms with Crippen LogP contribution in [0, 0.1) is 5.92 Å². The summed E-state index contributed by atoms with van der Waals surface area (Å²) in [6.07, 6.45) is 4.26. The lowest BCUT2D eigenvalue weighted by molar-refractivity contribution is -0.153. The van der Waals surface area contributed by atoms with Crippen molar-refractivity contribution in [3.8, 4) is 0 Å². The molecule has 286 valence electrons. The molecule has 12 nitrogen and oxygen atoms in total. The van der Waals surface area contributed by atoms with E-state index in [0.717, 1.165) is 38.9 Å². The lowest BCUT2D eigenvalue weighted by Crippen LogP contribution is -2.60. The van der Waals surface area contributed by atoms with E-state index in [-0.39, 0.29) is 38.1 Å². The van der Waals surface area contributed by atoms with Crippen molar-refractivity contribution in [1.82, 2.24) is 31.2 Å². The van der Waals surface area contributed by atoms with E-state index in [4.69, 9.17) is 5.73 Å². The number of amides is 5. The molecule has 4 atom stereocenters. The summed E-state index contributed by atoms with van der Waals surface area (Å²) in [6.45, 7) is 4.55. The Morgan fingerprint density at radius 3 is 2.15 bits per heavy atom. The Labute approximate surface area is 317 Å². The zero-order valence-corrected chi connectivity index (χ0v) is 31.2. The van der Waals surface area contributed by atoms with Gasteiger partial charge in [0.05, 0.1) is 12.6 Å². The molecule has 54 heavy (non-hydrogen) atoms. The predicted octanol–water partition coefficient (Wildman–Crippen LogP) is 3.15. The van der Waals surface area contributed by atoms with Crippen molar-refractivity contribution in [2.75, 3.05) is 19.6 Å². The number of unbranched alkanes of at least 4 members (excludes halogenated alkanes) is 1. The van der Waals surface area contributed by atoms with Gasteiger partial charge >= 0.3 is 0 Å². The number of carbonyl (C=O) groups is 5. The molecule has 4 aromatic rings. The first-order chi connectivity index (χ1) is 26.1. The number of H-pyrrole nitrogens is 1. The monoisotopic (exact) mass is 735 g/mol. The summed E-state index contributed by atoms with van der Waals surface area (Å²) in [5.74, 6) is -2.41. The van der Waals surface area contributed by atoms with Crippen molar-refractivity contribution in [3.63, 3.8) is 0 Å². The molecule has 0 aliphatic carbocycles. The molecule has 0 spiro atoms. The largest absolute Gasteiger partial charge is 0.361 e. The maximum Gasteiger partial charge on any atom is 0.252 e. The van der Waals surface area contributed by atoms with Crippen molar-refractivity contribution in [1.29, 1.82) is 0 Å². The number of aromatic nitrogens is 1. The first-order valence-electron chi connectivity index (χ1n) is 18.9. The molecule has 1 aliphatic rings.